The minimum atomic E-state index is -0.123. The number of aliphatic imine (C=N–C) groups is 1. The monoisotopic (exact) mass is 480 g/mol. The Labute approximate surface area is 204 Å². The number of anilines is 1. The molecule has 0 bridgehead atoms. The average Bonchev–Trinajstić information content (AvgIpc) is 3.16. The molecule has 1 aromatic heterocycles. The summed E-state index contributed by atoms with van der Waals surface area (Å²) in [5.41, 5.74) is 3.71. The lowest BCUT2D eigenvalue weighted by molar-refractivity contribution is 0.102. The molecule has 0 saturated heterocycles. The maximum atomic E-state index is 13.4. The Morgan fingerprint density at radius 3 is 2.67 bits per heavy atom. The third-order valence-electron chi connectivity index (χ3n) is 6.23. The number of rotatable bonds is 5. The molecule has 1 aliphatic rings. The van der Waals surface area contributed by atoms with Crippen molar-refractivity contribution in [1.29, 1.82) is 0 Å². The number of carbonyl (C=O) groups excluding carboxylic acids is 1. The van der Waals surface area contributed by atoms with Gasteiger partial charge in [0.05, 0.1) is 12.7 Å². The van der Waals surface area contributed by atoms with Crippen molar-refractivity contribution in [3.8, 4) is 5.75 Å². The SMILES string of the molecule is COc1cccc(C=Nc2sc3c(c2C(=O)Nc2ccc(Cl)cc2)CC[C@@H](C(C)(C)C)C3)c1. The van der Waals surface area contributed by atoms with E-state index in [2.05, 4.69) is 26.1 Å². The molecule has 1 heterocycles. The van der Waals surface area contributed by atoms with Crippen LogP contribution in [0.15, 0.2) is 53.5 Å². The van der Waals surface area contributed by atoms with Gasteiger partial charge in [0.15, 0.2) is 0 Å². The second-order valence-electron chi connectivity index (χ2n) is 9.49. The largest absolute Gasteiger partial charge is 0.497 e. The van der Waals surface area contributed by atoms with E-state index in [0.29, 0.717) is 16.5 Å². The van der Waals surface area contributed by atoms with E-state index in [1.165, 1.54) is 4.88 Å². The van der Waals surface area contributed by atoms with Gasteiger partial charge in [-0.05, 0) is 78.1 Å². The Hall–Kier alpha value is -2.63. The number of methoxy groups -OCH3 is 1. The first-order valence-electron chi connectivity index (χ1n) is 11.1. The van der Waals surface area contributed by atoms with E-state index >= 15 is 0 Å². The summed E-state index contributed by atoms with van der Waals surface area (Å²) in [6.45, 7) is 6.89. The fourth-order valence-corrected chi connectivity index (χ4v) is 5.61. The van der Waals surface area contributed by atoms with Crippen LogP contribution in [0.3, 0.4) is 0 Å². The third kappa shape index (κ3) is 5.48. The molecule has 0 spiro atoms. The maximum absolute atomic E-state index is 13.4. The Balaban J connectivity index is 1.69. The number of carbonyl (C=O) groups is 1. The molecule has 4 nitrogen and oxygen atoms in total. The number of nitrogens with one attached hydrogen (secondary N) is 1. The fraction of sp³-hybridized carbons (Fsp3) is 0.333. The number of hydrogen-bond acceptors (Lipinski definition) is 4. The Kier molecular flexibility index (Phi) is 6.91. The predicted molar refractivity (Wildman–Crippen MR) is 139 cm³/mol. The standard InChI is InChI=1S/C27H29ClN2O2S/c1-27(2,3)18-8-13-22-23(15-18)33-26(29-16-17-6-5-7-21(14-17)32-4)24(22)25(31)30-20-11-9-19(28)10-12-20/h5-7,9-12,14,16,18H,8,13,15H2,1-4H3,(H,30,31)/t18-/m1/s1. The number of thiophene rings is 1. The second-order valence-corrected chi connectivity index (χ2v) is 11.0. The summed E-state index contributed by atoms with van der Waals surface area (Å²) >= 11 is 7.64. The van der Waals surface area contributed by atoms with Crippen LogP contribution in [0.2, 0.25) is 5.02 Å². The zero-order chi connectivity index (χ0) is 23.6. The first-order valence-corrected chi connectivity index (χ1v) is 12.3. The van der Waals surface area contributed by atoms with Crippen LogP contribution in [0, 0.1) is 11.3 Å². The van der Waals surface area contributed by atoms with Crippen molar-refractivity contribution in [3.05, 3.63) is 75.1 Å². The van der Waals surface area contributed by atoms with Gasteiger partial charge in [0, 0.05) is 21.8 Å². The van der Waals surface area contributed by atoms with Crippen molar-refractivity contribution in [2.75, 3.05) is 12.4 Å². The number of fused-ring (bicyclic) bond motifs is 1. The molecule has 1 aliphatic carbocycles. The van der Waals surface area contributed by atoms with Crippen LogP contribution >= 0.6 is 22.9 Å². The van der Waals surface area contributed by atoms with Gasteiger partial charge in [0.2, 0.25) is 0 Å². The molecule has 33 heavy (non-hydrogen) atoms. The van der Waals surface area contributed by atoms with Crippen LogP contribution in [0.5, 0.6) is 5.75 Å². The van der Waals surface area contributed by atoms with Crippen molar-refractivity contribution in [1.82, 2.24) is 0 Å². The van der Waals surface area contributed by atoms with E-state index in [-0.39, 0.29) is 11.3 Å². The molecule has 2 aromatic carbocycles. The molecule has 0 radical (unpaired) electrons. The second kappa shape index (κ2) is 9.70. The number of benzene rings is 2. The van der Waals surface area contributed by atoms with E-state index < -0.39 is 0 Å². The van der Waals surface area contributed by atoms with Crippen LogP contribution in [0.4, 0.5) is 10.7 Å². The normalized spacial score (nSPS) is 16.0. The van der Waals surface area contributed by atoms with Crippen molar-refractivity contribution < 1.29 is 9.53 Å². The summed E-state index contributed by atoms with van der Waals surface area (Å²) in [5, 5.41) is 4.43. The van der Waals surface area contributed by atoms with Gasteiger partial charge in [0.1, 0.15) is 10.8 Å². The summed E-state index contributed by atoms with van der Waals surface area (Å²) in [5.74, 6) is 1.24. The molecule has 1 atom stereocenters. The highest BCUT2D eigenvalue weighted by molar-refractivity contribution is 7.16. The number of nitrogens with zero attached hydrogens (tertiary/aromatic N) is 1. The van der Waals surface area contributed by atoms with E-state index in [4.69, 9.17) is 21.3 Å². The Morgan fingerprint density at radius 1 is 1.21 bits per heavy atom. The fourth-order valence-electron chi connectivity index (χ4n) is 4.22. The van der Waals surface area contributed by atoms with Crippen LogP contribution < -0.4 is 10.1 Å². The molecule has 3 aromatic rings. The van der Waals surface area contributed by atoms with Crippen LogP contribution in [-0.2, 0) is 12.8 Å². The van der Waals surface area contributed by atoms with Crippen LogP contribution in [0.25, 0.3) is 0 Å². The van der Waals surface area contributed by atoms with E-state index in [0.717, 1.165) is 46.8 Å². The molecular weight excluding hydrogens is 452 g/mol. The van der Waals surface area contributed by atoms with Gasteiger partial charge < -0.3 is 10.1 Å². The Morgan fingerprint density at radius 2 is 1.97 bits per heavy atom. The van der Waals surface area contributed by atoms with E-state index in [1.807, 2.05) is 36.4 Å². The van der Waals surface area contributed by atoms with Gasteiger partial charge in [-0.2, -0.15) is 0 Å². The van der Waals surface area contributed by atoms with Crippen LogP contribution in [0.1, 0.15) is 53.6 Å². The topological polar surface area (TPSA) is 50.7 Å². The lowest BCUT2D eigenvalue weighted by atomic mass is 9.72. The smallest absolute Gasteiger partial charge is 0.259 e. The molecular formula is C27H29ClN2O2S. The number of ether oxygens (including phenoxy) is 1. The molecule has 0 saturated carbocycles. The molecule has 0 unspecified atom stereocenters. The van der Waals surface area contributed by atoms with Gasteiger partial charge in [-0.15, -0.1) is 11.3 Å². The van der Waals surface area contributed by atoms with Crippen molar-refractivity contribution in [3.63, 3.8) is 0 Å². The van der Waals surface area contributed by atoms with Crippen molar-refractivity contribution in [2.45, 2.75) is 40.0 Å². The maximum Gasteiger partial charge on any atom is 0.259 e. The molecule has 172 valence electrons. The third-order valence-corrected chi connectivity index (χ3v) is 7.64. The van der Waals surface area contributed by atoms with Crippen molar-refractivity contribution >= 4 is 45.7 Å². The first kappa shape index (κ1) is 23.5. The summed E-state index contributed by atoms with van der Waals surface area (Å²) in [7, 11) is 1.65. The van der Waals surface area contributed by atoms with E-state index in [1.54, 1.807) is 36.8 Å². The molecule has 4 rings (SSSR count). The summed E-state index contributed by atoms with van der Waals surface area (Å²) in [6.07, 6.45) is 4.76. The van der Waals surface area contributed by atoms with E-state index in [9.17, 15) is 4.79 Å². The molecule has 1 N–H and O–H groups in total. The van der Waals surface area contributed by atoms with Gasteiger partial charge >= 0.3 is 0 Å². The summed E-state index contributed by atoms with van der Waals surface area (Å²) in [4.78, 5) is 19.5. The zero-order valence-corrected chi connectivity index (χ0v) is 21.0. The van der Waals surface area contributed by atoms with Gasteiger partial charge in [-0.3, -0.25) is 4.79 Å². The highest BCUT2D eigenvalue weighted by atomic mass is 35.5. The quantitative estimate of drug-likeness (QED) is 0.383. The van der Waals surface area contributed by atoms with Crippen LogP contribution in [-0.4, -0.2) is 19.2 Å². The average molecular weight is 481 g/mol. The number of hydrogen-bond donors (Lipinski definition) is 1. The first-order chi connectivity index (χ1) is 15.7. The minimum Gasteiger partial charge on any atom is -0.497 e. The predicted octanol–water partition coefficient (Wildman–Crippen LogP) is 7.56. The Bertz CT molecular complexity index is 1180. The van der Waals surface area contributed by atoms with Gasteiger partial charge in [-0.1, -0.05) is 44.5 Å². The molecule has 1 amide bonds. The highest BCUT2D eigenvalue weighted by Crippen LogP contribution is 2.45. The molecule has 6 heteroatoms. The lowest BCUT2D eigenvalue weighted by Crippen LogP contribution is -2.27. The van der Waals surface area contributed by atoms with Gasteiger partial charge in [-0.25, -0.2) is 4.99 Å². The molecule has 0 aliphatic heterocycles. The zero-order valence-electron chi connectivity index (χ0n) is 19.4. The summed E-state index contributed by atoms with van der Waals surface area (Å²) in [6, 6.07) is 14.9. The lowest BCUT2D eigenvalue weighted by Gasteiger charge is -2.33. The molecule has 0 fully saturated rings. The summed E-state index contributed by atoms with van der Waals surface area (Å²) < 4.78 is 5.32. The minimum absolute atomic E-state index is 0.123. The number of halogens is 1. The number of amides is 1. The van der Waals surface area contributed by atoms with Gasteiger partial charge in [0.25, 0.3) is 5.91 Å². The van der Waals surface area contributed by atoms with Crippen molar-refractivity contribution in [2.24, 2.45) is 16.3 Å². The highest BCUT2D eigenvalue weighted by Gasteiger charge is 2.33.